The summed E-state index contributed by atoms with van der Waals surface area (Å²) in [5.74, 6) is 0.980. The van der Waals surface area contributed by atoms with Gasteiger partial charge < -0.3 is 20.0 Å². The maximum Gasteiger partial charge on any atom is 0.317 e. The third-order valence-corrected chi connectivity index (χ3v) is 8.85. The van der Waals surface area contributed by atoms with Crippen LogP contribution in [0.3, 0.4) is 0 Å². The summed E-state index contributed by atoms with van der Waals surface area (Å²) >= 11 is 1.75. The highest BCUT2D eigenvalue weighted by atomic mass is 32.2. The van der Waals surface area contributed by atoms with Crippen molar-refractivity contribution in [3.05, 3.63) is 24.3 Å². The fourth-order valence-corrected chi connectivity index (χ4v) is 6.29. The first kappa shape index (κ1) is 26.0. The van der Waals surface area contributed by atoms with Gasteiger partial charge in [0.25, 0.3) is 0 Å². The average molecular weight is 471 g/mol. The van der Waals surface area contributed by atoms with Crippen molar-refractivity contribution in [2.24, 2.45) is 0 Å². The van der Waals surface area contributed by atoms with Crippen molar-refractivity contribution in [1.29, 1.82) is 0 Å². The minimum atomic E-state index is -3.47. The van der Waals surface area contributed by atoms with E-state index in [0.717, 1.165) is 36.8 Å². The monoisotopic (exact) mass is 470 g/mol. The molecule has 1 heterocycles. The number of thioether (sulfide) groups is 1. The number of piperidine rings is 1. The Balaban J connectivity index is 1.93. The van der Waals surface area contributed by atoms with E-state index in [1.54, 1.807) is 28.8 Å². The van der Waals surface area contributed by atoms with Gasteiger partial charge in [-0.25, -0.2) is 13.2 Å². The van der Waals surface area contributed by atoms with Crippen molar-refractivity contribution in [2.45, 2.75) is 41.7 Å². The standard InChI is InChI=1S/C22H38N4O3S2/c1-5-25(6-2)16-17-30-19-9-11-20(12-10-19)31(28,29)21-8-7-14-26(18-21)22(27)23-13-15-24(3)4/h9-12,21H,5-8,13-18H2,1-4H3,(H,23,27). The predicted octanol–water partition coefficient (Wildman–Crippen LogP) is 2.63. The van der Waals surface area contributed by atoms with Gasteiger partial charge in [-0.1, -0.05) is 13.8 Å². The van der Waals surface area contributed by atoms with Crippen LogP contribution in [-0.2, 0) is 9.84 Å². The minimum Gasteiger partial charge on any atom is -0.337 e. The van der Waals surface area contributed by atoms with Gasteiger partial charge in [0.1, 0.15) is 0 Å². The molecule has 1 atom stereocenters. The number of benzene rings is 1. The number of nitrogens with zero attached hydrogens (tertiary/aromatic N) is 3. The molecule has 1 aliphatic heterocycles. The zero-order valence-electron chi connectivity index (χ0n) is 19.3. The number of carbonyl (C=O) groups excluding carboxylic acids is 1. The molecular formula is C22H38N4O3S2. The largest absolute Gasteiger partial charge is 0.337 e. The van der Waals surface area contributed by atoms with E-state index in [4.69, 9.17) is 0 Å². The number of likely N-dealkylation sites (tertiary alicyclic amines) is 1. The van der Waals surface area contributed by atoms with Crippen LogP contribution in [0.15, 0.2) is 34.1 Å². The number of nitrogens with one attached hydrogen (secondary N) is 1. The Labute approximate surface area is 192 Å². The normalized spacial score (nSPS) is 17.4. The van der Waals surface area contributed by atoms with E-state index in [2.05, 4.69) is 24.1 Å². The summed E-state index contributed by atoms with van der Waals surface area (Å²) in [5, 5.41) is 2.33. The van der Waals surface area contributed by atoms with Crippen LogP contribution in [0, 0.1) is 0 Å². The van der Waals surface area contributed by atoms with Crippen molar-refractivity contribution in [3.8, 4) is 0 Å². The molecule has 1 unspecified atom stereocenters. The fraction of sp³-hybridized carbons (Fsp3) is 0.682. The molecule has 0 spiro atoms. The van der Waals surface area contributed by atoms with Crippen molar-refractivity contribution in [1.82, 2.24) is 20.0 Å². The number of hydrogen-bond donors (Lipinski definition) is 1. The van der Waals surface area contributed by atoms with Crippen molar-refractivity contribution in [2.75, 3.05) is 65.7 Å². The van der Waals surface area contributed by atoms with Crippen molar-refractivity contribution >= 4 is 27.6 Å². The highest BCUT2D eigenvalue weighted by molar-refractivity contribution is 7.99. The van der Waals surface area contributed by atoms with Crippen LogP contribution >= 0.6 is 11.8 Å². The van der Waals surface area contributed by atoms with Crippen LogP contribution in [-0.4, -0.2) is 100 Å². The Kier molecular flexibility index (Phi) is 10.6. The second-order valence-electron chi connectivity index (χ2n) is 8.14. The van der Waals surface area contributed by atoms with Gasteiger partial charge in [0.05, 0.1) is 10.1 Å². The second kappa shape index (κ2) is 12.7. The van der Waals surface area contributed by atoms with E-state index in [0.29, 0.717) is 30.8 Å². The quantitative estimate of drug-likeness (QED) is 0.501. The van der Waals surface area contributed by atoms with E-state index in [9.17, 15) is 13.2 Å². The molecular weight excluding hydrogens is 432 g/mol. The Morgan fingerprint density at radius 2 is 1.84 bits per heavy atom. The lowest BCUT2D eigenvalue weighted by molar-refractivity contribution is 0.186. The minimum absolute atomic E-state index is 0.179. The van der Waals surface area contributed by atoms with E-state index < -0.39 is 15.1 Å². The first-order valence-electron chi connectivity index (χ1n) is 11.1. The number of likely N-dealkylation sites (N-methyl/N-ethyl adjacent to an activating group) is 1. The van der Waals surface area contributed by atoms with Gasteiger partial charge in [-0.2, -0.15) is 0 Å². The van der Waals surface area contributed by atoms with Gasteiger partial charge in [-0.3, -0.25) is 0 Å². The van der Waals surface area contributed by atoms with Gasteiger partial charge in [-0.05, 0) is 64.3 Å². The lowest BCUT2D eigenvalue weighted by Gasteiger charge is -2.32. The third kappa shape index (κ3) is 7.97. The van der Waals surface area contributed by atoms with E-state index in [1.165, 1.54) is 0 Å². The Morgan fingerprint density at radius 1 is 1.16 bits per heavy atom. The first-order valence-corrected chi connectivity index (χ1v) is 13.7. The average Bonchev–Trinajstić information content (AvgIpc) is 2.77. The summed E-state index contributed by atoms with van der Waals surface area (Å²) in [6, 6.07) is 7.04. The van der Waals surface area contributed by atoms with Gasteiger partial charge in [0.15, 0.2) is 9.84 Å². The third-order valence-electron chi connectivity index (χ3n) is 5.66. The molecule has 1 aromatic rings. The van der Waals surface area contributed by atoms with Crippen LogP contribution in [0.2, 0.25) is 0 Å². The molecule has 176 valence electrons. The SMILES string of the molecule is CCN(CC)CCSc1ccc(S(=O)(=O)C2CCCN(C(=O)NCCN(C)C)C2)cc1. The van der Waals surface area contributed by atoms with E-state index in [1.807, 2.05) is 31.1 Å². The zero-order valence-corrected chi connectivity index (χ0v) is 21.0. The van der Waals surface area contributed by atoms with Gasteiger partial charge in [0, 0.05) is 43.4 Å². The highest BCUT2D eigenvalue weighted by Crippen LogP contribution is 2.26. The van der Waals surface area contributed by atoms with Crippen LogP contribution in [0.1, 0.15) is 26.7 Å². The Bertz CT molecular complexity index is 780. The van der Waals surface area contributed by atoms with Crippen LogP contribution in [0.4, 0.5) is 4.79 Å². The van der Waals surface area contributed by atoms with Gasteiger partial charge in [-0.15, -0.1) is 11.8 Å². The molecule has 2 rings (SSSR count). The molecule has 0 radical (unpaired) electrons. The van der Waals surface area contributed by atoms with Gasteiger partial charge >= 0.3 is 6.03 Å². The Morgan fingerprint density at radius 3 is 2.45 bits per heavy atom. The number of urea groups is 1. The highest BCUT2D eigenvalue weighted by Gasteiger charge is 2.33. The Hall–Kier alpha value is -1.29. The molecule has 0 bridgehead atoms. The van der Waals surface area contributed by atoms with Gasteiger partial charge in [0.2, 0.25) is 0 Å². The predicted molar refractivity (Wildman–Crippen MR) is 129 cm³/mol. The summed E-state index contributed by atoms with van der Waals surface area (Å²) in [7, 11) is 0.429. The van der Waals surface area contributed by atoms with Crippen LogP contribution in [0.5, 0.6) is 0 Å². The molecule has 0 aliphatic carbocycles. The van der Waals surface area contributed by atoms with Crippen molar-refractivity contribution < 1.29 is 13.2 Å². The molecule has 1 aliphatic rings. The number of rotatable bonds is 11. The lowest BCUT2D eigenvalue weighted by Crippen LogP contribution is -2.49. The summed E-state index contributed by atoms with van der Waals surface area (Å²) < 4.78 is 26.3. The summed E-state index contributed by atoms with van der Waals surface area (Å²) in [6.07, 6.45) is 1.29. The smallest absolute Gasteiger partial charge is 0.317 e. The molecule has 0 aromatic heterocycles. The molecule has 0 saturated carbocycles. The summed E-state index contributed by atoms with van der Waals surface area (Å²) in [6.45, 7) is 9.57. The van der Waals surface area contributed by atoms with E-state index >= 15 is 0 Å². The number of carbonyl (C=O) groups is 1. The summed E-state index contributed by atoms with van der Waals surface area (Å²) in [4.78, 5) is 19.9. The van der Waals surface area contributed by atoms with E-state index in [-0.39, 0.29) is 12.6 Å². The molecule has 1 N–H and O–H groups in total. The first-order chi connectivity index (χ1) is 14.8. The molecule has 9 heteroatoms. The zero-order chi connectivity index (χ0) is 22.9. The number of hydrogen-bond acceptors (Lipinski definition) is 6. The van der Waals surface area contributed by atoms with Crippen LogP contribution in [0.25, 0.3) is 0 Å². The maximum atomic E-state index is 13.2. The molecule has 7 nitrogen and oxygen atoms in total. The fourth-order valence-electron chi connectivity index (χ4n) is 3.62. The molecule has 1 aromatic carbocycles. The second-order valence-corrected chi connectivity index (χ2v) is 11.5. The molecule has 31 heavy (non-hydrogen) atoms. The topological polar surface area (TPSA) is 73.0 Å². The molecule has 1 saturated heterocycles. The summed E-state index contributed by atoms with van der Waals surface area (Å²) in [5.41, 5.74) is 0. The molecule has 2 amide bonds. The lowest BCUT2D eigenvalue weighted by atomic mass is 10.1. The number of sulfone groups is 1. The maximum absolute atomic E-state index is 13.2. The van der Waals surface area contributed by atoms with Crippen LogP contribution < -0.4 is 5.32 Å². The number of amides is 2. The van der Waals surface area contributed by atoms with Crippen molar-refractivity contribution in [3.63, 3.8) is 0 Å². The molecule has 1 fully saturated rings.